The Morgan fingerprint density at radius 1 is 1.18 bits per heavy atom. The summed E-state index contributed by atoms with van der Waals surface area (Å²) in [6.07, 6.45) is 4.00. The van der Waals surface area contributed by atoms with Gasteiger partial charge in [0.15, 0.2) is 0 Å². The molecule has 1 unspecified atom stereocenters. The molecule has 1 aromatic carbocycles. The third-order valence-corrected chi connectivity index (χ3v) is 5.58. The predicted octanol–water partition coefficient (Wildman–Crippen LogP) is 3.77. The number of hydrogen-bond acceptors (Lipinski definition) is 3. The molecule has 0 saturated carbocycles. The Bertz CT molecular complexity index is 855. The van der Waals surface area contributed by atoms with Crippen LogP contribution < -0.4 is 0 Å². The molecule has 1 aliphatic heterocycles. The van der Waals surface area contributed by atoms with Crippen molar-refractivity contribution in [2.24, 2.45) is 5.92 Å². The number of aliphatic carboxylic acids is 1. The molecule has 6 nitrogen and oxygen atoms in total. The van der Waals surface area contributed by atoms with Crippen molar-refractivity contribution in [2.45, 2.75) is 52.9 Å². The van der Waals surface area contributed by atoms with Crippen LogP contribution in [-0.4, -0.2) is 44.8 Å². The van der Waals surface area contributed by atoms with Crippen LogP contribution in [0.3, 0.4) is 0 Å². The summed E-state index contributed by atoms with van der Waals surface area (Å²) in [6.45, 7) is 7.72. The molecule has 150 valence electrons. The lowest BCUT2D eigenvalue weighted by Crippen LogP contribution is -2.34. The summed E-state index contributed by atoms with van der Waals surface area (Å²) in [6, 6.07) is 7.55. The van der Waals surface area contributed by atoms with E-state index in [4.69, 9.17) is 5.11 Å². The fourth-order valence-electron chi connectivity index (χ4n) is 3.99. The van der Waals surface area contributed by atoms with Crippen molar-refractivity contribution < 1.29 is 14.7 Å². The Labute approximate surface area is 166 Å². The van der Waals surface area contributed by atoms with Gasteiger partial charge in [0.2, 0.25) is 0 Å². The topological polar surface area (TPSA) is 75.4 Å². The third-order valence-electron chi connectivity index (χ3n) is 5.58. The molecule has 1 fully saturated rings. The number of amides is 1. The Morgan fingerprint density at radius 2 is 1.89 bits per heavy atom. The normalized spacial score (nSPS) is 17.4. The molecule has 0 aliphatic carbocycles. The van der Waals surface area contributed by atoms with E-state index in [-0.39, 0.29) is 12.3 Å². The maximum atomic E-state index is 12.9. The summed E-state index contributed by atoms with van der Waals surface area (Å²) in [5.74, 6) is -0.169. The van der Waals surface area contributed by atoms with Gasteiger partial charge in [-0.1, -0.05) is 13.3 Å². The minimum atomic E-state index is -0.808. The number of benzene rings is 1. The Balaban J connectivity index is 1.78. The largest absolute Gasteiger partial charge is 0.481 e. The summed E-state index contributed by atoms with van der Waals surface area (Å²) >= 11 is 0. The quantitative estimate of drug-likeness (QED) is 0.853. The molecule has 0 spiro atoms. The van der Waals surface area contributed by atoms with Gasteiger partial charge in [0.05, 0.1) is 11.4 Å². The van der Waals surface area contributed by atoms with E-state index >= 15 is 0 Å². The van der Waals surface area contributed by atoms with Crippen LogP contribution in [0.25, 0.3) is 5.69 Å². The van der Waals surface area contributed by atoms with Gasteiger partial charge in [-0.15, -0.1) is 0 Å². The van der Waals surface area contributed by atoms with Crippen LogP contribution in [0.4, 0.5) is 0 Å². The molecule has 6 heteroatoms. The highest BCUT2D eigenvalue weighted by molar-refractivity contribution is 5.94. The van der Waals surface area contributed by atoms with Crippen molar-refractivity contribution in [3.8, 4) is 5.69 Å². The van der Waals surface area contributed by atoms with Gasteiger partial charge in [0, 0.05) is 30.8 Å². The second-order valence-corrected chi connectivity index (χ2v) is 7.85. The molecule has 2 aromatic rings. The number of carboxylic acids is 1. The molecule has 3 rings (SSSR count). The molecular formula is C22H29N3O3. The summed E-state index contributed by atoms with van der Waals surface area (Å²) in [5.41, 5.74) is 4.34. The van der Waals surface area contributed by atoms with Gasteiger partial charge >= 0.3 is 5.97 Å². The summed E-state index contributed by atoms with van der Waals surface area (Å²) < 4.78 is 1.83. The van der Waals surface area contributed by atoms with Gasteiger partial charge in [0.1, 0.15) is 0 Å². The molecule has 1 atom stereocenters. The molecule has 1 aliphatic rings. The molecular weight excluding hydrogens is 354 g/mol. The minimum Gasteiger partial charge on any atom is -0.481 e. The lowest BCUT2D eigenvalue weighted by atomic mass is 10.1. The van der Waals surface area contributed by atoms with Gasteiger partial charge in [-0.3, -0.25) is 9.59 Å². The van der Waals surface area contributed by atoms with E-state index in [0.29, 0.717) is 17.9 Å². The monoisotopic (exact) mass is 383 g/mol. The van der Waals surface area contributed by atoms with Crippen molar-refractivity contribution >= 4 is 11.9 Å². The number of aromatic nitrogens is 2. The zero-order valence-corrected chi connectivity index (χ0v) is 16.9. The van der Waals surface area contributed by atoms with Crippen LogP contribution in [0.15, 0.2) is 24.3 Å². The van der Waals surface area contributed by atoms with Crippen LogP contribution in [0, 0.1) is 19.8 Å². The zero-order chi connectivity index (χ0) is 20.3. The first kappa shape index (κ1) is 20.1. The number of likely N-dealkylation sites (tertiary alicyclic amines) is 1. The summed E-state index contributed by atoms with van der Waals surface area (Å²) in [4.78, 5) is 25.7. The van der Waals surface area contributed by atoms with E-state index in [1.165, 1.54) is 12.8 Å². The number of rotatable bonds is 5. The fourth-order valence-corrected chi connectivity index (χ4v) is 3.99. The lowest BCUT2D eigenvalue weighted by Gasteiger charge is -2.23. The molecule has 1 N–H and O–H groups in total. The molecule has 1 amide bonds. The number of aryl methyl sites for hydroxylation is 1. The van der Waals surface area contributed by atoms with Crippen LogP contribution >= 0.6 is 0 Å². The first-order chi connectivity index (χ1) is 13.4. The van der Waals surface area contributed by atoms with Crippen LogP contribution in [-0.2, 0) is 11.2 Å². The molecule has 0 bridgehead atoms. The summed E-state index contributed by atoms with van der Waals surface area (Å²) in [5, 5.41) is 13.5. The highest BCUT2D eigenvalue weighted by Gasteiger charge is 2.21. The maximum absolute atomic E-state index is 12.9. The lowest BCUT2D eigenvalue weighted by molar-refractivity contribution is -0.136. The number of nitrogens with zero attached hydrogens (tertiary/aromatic N) is 3. The molecule has 2 heterocycles. The van der Waals surface area contributed by atoms with Gasteiger partial charge < -0.3 is 10.0 Å². The first-order valence-electron chi connectivity index (χ1n) is 10.0. The highest BCUT2D eigenvalue weighted by atomic mass is 16.4. The van der Waals surface area contributed by atoms with E-state index in [1.54, 1.807) is 0 Å². The van der Waals surface area contributed by atoms with Gasteiger partial charge in [-0.25, -0.2) is 4.68 Å². The Kier molecular flexibility index (Phi) is 6.17. The van der Waals surface area contributed by atoms with E-state index in [0.717, 1.165) is 42.1 Å². The van der Waals surface area contributed by atoms with Crippen LogP contribution in [0.1, 0.15) is 59.9 Å². The van der Waals surface area contributed by atoms with E-state index in [9.17, 15) is 9.59 Å². The Morgan fingerprint density at radius 3 is 2.57 bits per heavy atom. The zero-order valence-electron chi connectivity index (χ0n) is 16.9. The average molecular weight is 383 g/mol. The fraction of sp³-hybridized carbons (Fsp3) is 0.500. The molecule has 0 radical (unpaired) electrons. The van der Waals surface area contributed by atoms with Crippen molar-refractivity contribution in [1.29, 1.82) is 0 Å². The van der Waals surface area contributed by atoms with Gasteiger partial charge in [0.25, 0.3) is 5.91 Å². The predicted molar refractivity (Wildman–Crippen MR) is 108 cm³/mol. The van der Waals surface area contributed by atoms with Crippen LogP contribution in [0.2, 0.25) is 0 Å². The summed E-state index contributed by atoms with van der Waals surface area (Å²) in [7, 11) is 0. The third kappa shape index (κ3) is 4.43. The van der Waals surface area contributed by atoms with Gasteiger partial charge in [-0.2, -0.15) is 5.10 Å². The van der Waals surface area contributed by atoms with Crippen molar-refractivity contribution in [3.05, 3.63) is 46.8 Å². The molecule has 1 saturated heterocycles. The first-order valence-corrected chi connectivity index (χ1v) is 10.0. The molecule has 1 aromatic heterocycles. The number of hydrogen-bond donors (Lipinski definition) is 1. The van der Waals surface area contributed by atoms with Crippen molar-refractivity contribution in [2.75, 3.05) is 13.1 Å². The average Bonchev–Trinajstić information content (AvgIpc) is 2.82. The van der Waals surface area contributed by atoms with E-state index in [1.807, 2.05) is 47.7 Å². The van der Waals surface area contributed by atoms with E-state index in [2.05, 4.69) is 12.0 Å². The maximum Gasteiger partial charge on any atom is 0.303 e. The van der Waals surface area contributed by atoms with E-state index < -0.39 is 5.97 Å². The number of carbonyl (C=O) groups excluding carboxylic acids is 1. The highest BCUT2D eigenvalue weighted by Crippen LogP contribution is 2.21. The Hall–Kier alpha value is -2.63. The second-order valence-electron chi connectivity index (χ2n) is 7.85. The second kappa shape index (κ2) is 8.59. The minimum absolute atomic E-state index is 0.0923. The van der Waals surface area contributed by atoms with Crippen molar-refractivity contribution in [1.82, 2.24) is 14.7 Å². The van der Waals surface area contributed by atoms with Crippen molar-refractivity contribution in [3.63, 3.8) is 0 Å². The standard InChI is InChI=1S/C22H29N3O3/c1-15-6-4-5-13-24(14-15)22(28)18-7-9-19(10-8-18)25-17(3)20(16(2)23-25)11-12-21(26)27/h7-10,15H,4-6,11-14H2,1-3H3,(H,26,27). The SMILES string of the molecule is Cc1nn(-c2ccc(C(=O)N3CCCCC(C)C3)cc2)c(C)c1CCC(=O)O. The van der Waals surface area contributed by atoms with Crippen LogP contribution in [0.5, 0.6) is 0 Å². The van der Waals surface area contributed by atoms with Gasteiger partial charge in [-0.05, 0) is 68.9 Å². The molecule has 28 heavy (non-hydrogen) atoms. The number of carbonyl (C=O) groups is 2. The number of carboxylic acid groups (broad SMARTS) is 1. The smallest absolute Gasteiger partial charge is 0.303 e.